The lowest BCUT2D eigenvalue weighted by atomic mass is 9.51. The van der Waals surface area contributed by atoms with Crippen LogP contribution in [0.1, 0.15) is 140 Å². The van der Waals surface area contributed by atoms with E-state index < -0.39 is 47.0 Å². The number of carbonyl (C=O) groups is 4. The molecule has 1 aromatic carbocycles. The lowest BCUT2D eigenvalue weighted by Gasteiger charge is -2.48. The third-order valence-electron chi connectivity index (χ3n) is 9.88. The average Bonchev–Trinajstić information content (AvgIpc) is 3.44. The van der Waals surface area contributed by atoms with Crippen molar-refractivity contribution >= 4 is 23.9 Å². The number of rotatable bonds is 17. The molecule has 0 radical (unpaired) electrons. The maximum Gasteiger partial charge on any atom is 0.321 e. The van der Waals surface area contributed by atoms with Crippen molar-refractivity contribution in [3.8, 4) is 0 Å². The Morgan fingerprint density at radius 3 is 1.80 bits per heavy atom. The summed E-state index contributed by atoms with van der Waals surface area (Å²) in [5.41, 5.74) is 0.817. The van der Waals surface area contributed by atoms with Crippen LogP contribution < -0.4 is 0 Å². The molecule has 220 valence electrons. The van der Waals surface area contributed by atoms with Gasteiger partial charge < -0.3 is 9.47 Å². The molecule has 5 atom stereocenters. The van der Waals surface area contributed by atoms with Crippen LogP contribution in [0, 0.1) is 17.8 Å². The van der Waals surface area contributed by atoms with Gasteiger partial charge in [0, 0.05) is 5.41 Å². The van der Waals surface area contributed by atoms with Crippen molar-refractivity contribution in [2.75, 3.05) is 0 Å². The summed E-state index contributed by atoms with van der Waals surface area (Å²) in [6.45, 7) is 4.25. The minimum absolute atomic E-state index is 0.000590. The maximum atomic E-state index is 13.0. The van der Waals surface area contributed by atoms with Crippen molar-refractivity contribution in [1.82, 2.24) is 0 Å². The summed E-state index contributed by atoms with van der Waals surface area (Å²) in [5, 5.41) is 0. The molecule has 6 heteroatoms. The number of esters is 4. The predicted octanol–water partition coefficient (Wildman–Crippen LogP) is 7.71. The lowest BCUT2D eigenvalue weighted by Crippen LogP contribution is -2.51. The van der Waals surface area contributed by atoms with Gasteiger partial charge in [-0.2, -0.15) is 0 Å². The zero-order chi connectivity index (χ0) is 28.5. The molecular formula is C34H48O6. The highest BCUT2D eigenvalue weighted by atomic mass is 16.6. The SMILES string of the molecule is CCCCCCCCCCCCCCCCCC1C2C(=O)OC(=O)C2c2ccccc2C1(C)C1CC(=O)OC1=O. The topological polar surface area (TPSA) is 86.7 Å². The summed E-state index contributed by atoms with van der Waals surface area (Å²) in [7, 11) is 0. The summed E-state index contributed by atoms with van der Waals surface area (Å²) in [5.74, 6) is -4.29. The predicted molar refractivity (Wildman–Crippen MR) is 153 cm³/mol. The highest BCUT2D eigenvalue weighted by Gasteiger charge is 2.63. The first-order chi connectivity index (χ1) is 19.4. The molecule has 0 N–H and O–H groups in total. The van der Waals surface area contributed by atoms with E-state index in [4.69, 9.17) is 9.47 Å². The molecule has 0 aromatic heterocycles. The van der Waals surface area contributed by atoms with Crippen molar-refractivity contribution in [1.29, 1.82) is 0 Å². The van der Waals surface area contributed by atoms with Crippen molar-refractivity contribution < 1.29 is 28.7 Å². The standard InChI is InChI=1S/C34H48O6/c1-3-4-5-6-7-8-9-10-11-12-13-14-15-16-17-22-26-30-29(32(37)40-33(30)38)24-20-18-19-21-25(24)34(26,2)27-23-28(35)39-31(27)36/h18-21,26-27,29-30H,3-17,22-23H2,1-2H3. The summed E-state index contributed by atoms with van der Waals surface area (Å²) in [4.78, 5) is 50.8. The molecule has 2 aliphatic heterocycles. The van der Waals surface area contributed by atoms with Gasteiger partial charge in [-0.3, -0.25) is 19.2 Å². The molecule has 0 saturated carbocycles. The molecule has 2 saturated heterocycles. The van der Waals surface area contributed by atoms with Crippen LogP contribution in [0.3, 0.4) is 0 Å². The average molecular weight is 553 g/mol. The Hall–Kier alpha value is -2.50. The van der Waals surface area contributed by atoms with Gasteiger partial charge in [0.2, 0.25) is 0 Å². The fraction of sp³-hybridized carbons (Fsp3) is 0.706. The van der Waals surface area contributed by atoms with Crippen LogP contribution >= 0.6 is 0 Å². The Bertz CT molecular complexity index is 1050. The van der Waals surface area contributed by atoms with E-state index in [1.165, 1.54) is 77.0 Å². The van der Waals surface area contributed by atoms with E-state index >= 15 is 0 Å². The van der Waals surface area contributed by atoms with E-state index in [1.54, 1.807) is 0 Å². The van der Waals surface area contributed by atoms with E-state index in [2.05, 4.69) is 6.92 Å². The van der Waals surface area contributed by atoms with Crippen molar-refractivity contribution in [2.45, 2.75) is 134 Å². The first-order valence-corrected chi connectivity index (χ1v) is 16.0. The van der Waals surface area contributed by atoms with Crippen LogP contribution in [-0.2, 0) is 34.1 Å². The second-order valence-corrected chi connectivity index (χ2v) is 12.5. The Labute approximate surface area is 240 Å². The molecule has 1 aromatic rings. The third-order valence-corrected chi connectivity index (χ3v) is 9.88. The molecular weight excluding hydrogens is 504 g/mol. The second kappa shape index (κ2) is 14.4. The minimum atomic E-state index is -0.791. The minimum Gasteiger partial charge on any atom is -0.393 e. The molecule has 40 heavy (non-hydrogen) atoms. The van der Waals surface area contributed by atoms with Crippen LogP contribution in [0.5, 0.6) is 0 Å². The Balaban J connectivity index is 1.29. The first-order valence-electron chi connectivity index (χ1n) is 16.0. The summed E-state index contributed by atoms with van der Waals surface area (Å²) >= 11 is 0. The van der Waals surface area contributed by atoms with Crippen LogP contribution in [0.2, 0.25) is 0 Å². The van der Waals surface area contributed by atoms with Crippen LogP contribution in [0.15, 0.2) is 24.3 Å². The maximum absolute atomic E-state index is 13.0. The molecule has 6 nitrogen and oxygen atoms in total. The van der Waals surface area contributed by atoms with Crippen molar-refractivity contribution in [3.63, 3.8) is 0 Å². The number of ether oxygens (including phenoxy) is 2. The zero-order valence-corrected chi connectivity index (χ0v) is 24.6. The summed E-state index contributed by atoms with van der Waals surface area (Å²) in [6, 6.07) is 7.54. The molecule has 4 rings (SSSR count). The number of carbonyl (C=O) groups excluding carboxylic acids is 4. The van der Waals surface area contributed by atoms with E-state index in [-0.39, 0.29) is 12.3 Å². The van der Waals surface area contributed by atoms with Crippen LogP contribution in [-0.4, -0.2) is 23.9 Å². The normalized spacial score (nSPS) is 27.4. The van der Waals surface area contributed by atoms with Gasteiger partial charge in [0.05, 0.1) is 24.2 Å². The molecule has 0 spiro atoms. The van der Waals surface area contributed by atoms with E-state index in [0.717, 1.165) is 30.4 Å². The van der Waals surface area contributed by atoms with E-state index in [0.29, 0.717) is 6.42 Å². The van der Waals surface area contributed by atoms with Crippen molar-refractivity contribution in [3.05, 3.63) is 35.4 Å². The smallest absolute Gasteiger partial charge is 0.321 e. The Morgan fingerprint density at radius 1 is 0.700 bits per heavy atom. The van der Waals surface area contributed by atoms with E-state index in [9.17, 15) is 19.2 Å². The number of hydrogen-bond donors (Lipinski definition) is 0. The third kappa shape index (κ3) is 6.69. The van der Waals surface area contributed by atoms with Crippen LogP contribution in [0.4, 0.5) is 0 Å². The quantitative estimate of drug-likeness (QED) is 0.112. The fourth-order valence-corrected chi connectivity index (χ4v) is 7.65. The van der Waals surface area contributed by atoms with Crippen LogP contribution in [0.25, 0.3) is 0 Å². The zero-order valence-electron chi connectivity index (χ0n) is 24.6. The van der Waals surface area contributed by atoms with Gasteiger partial charge in [0.1, 0.15) is 0 Å². The second-order valence-electron chi connectivity index (χ2n) is 12.5. The van der Waals surface area contributed by atoms with Crippen molar-refractivity contribution in [2.24, 2.45) is 17.8 Å². The molecule has 0 bridgehead atoms. The van der Waals surface area contributed by atoms with Gasteiger partial charge in [-0.1, -0.05) is 134 Å². The molecule has 2 fully saturated rings. The first kappa shape index (κ1) is 30.5. The molecule has 0 amide bonds. The largest absolute Gasteiger partial charge is 0.393 e. The van der Waals surface area contributed by atoms with E-state index in [1.807, 2.05) is 31.2 Å². The summed E-state index contributed by atoms with van der Waals surface area (Å²) in [6.07, 6.45) is 19.8. The monoisotopic (exact) mass is 552 g/mol. The van der Waals surface area contributed by atoms with Gasteiger partial charge in [-0.05, 0) is 23.5 Å². The molecule has 2 heterocycles. The number of unbranched alkanes of at least 4 members (excludes halogenated alkanes) is 14. The Kier molecular flexibility index (Phi) is 11.0. The summed E-state index contributed by atoms with van der Waals surface area (Å²) < 4.78 is 10.2. The fourth-order valence-electron chi connectivity index (χ4n) is 7.65. The molecule has 3 aliphatic rings. The molecule has 5 unspecified atom stereocenters. The van der Waals surface area contributed by atoms with Gasteiger partial charge in [0.25, 0.3) is 0 Å². The number of fused-ring (bicyclic) bond motifs is 3. The number of benzene rings is 1. The van der Waals surface area contributed by atoms with Gasteiger partial charge >= 0.3 is 23.9 Å². The number of hydrogen-bond acceptors (Lipinski definition) is 6. The van der Waals surface area contributed by atoms with Gasteiger partial charge in [-0.25, -0.2) is 0 Å². The van der Waals surface area contributed by atoms with Gasteiger partial charge in [0.15, 0.2) is 0 Å². The van der Waals surface area contributed by atoms with Gasteiger partial charge in [-0.15, -0.1) is 0 Å². The highest BCUT2D eigenvalue weighted by molar-refractivity contribution is 6.01. The number of cyclic esters (lactones) is 4. The lowest BCUT2D eigenvalue weighted by molar-refractivity contribution is -0.157. The molecule has 1 aliphatic carbocycles. The Morgan fingerprint density at radius 2 is 1.25 bits per heavy atom. The highest BCUT2D eigenvalue weighted by Crippen LogP contribution is 2.58.